The highest BCUT2D eigenvalue weighted by atomic mass is 16.5. The highest BCUT2D eigenvalue weighted by molar-refractivity contribution is 6.14. The van der Waals surface area contributed by atoms with E-state index >= 15 is 0 Å². The summed E-state index contributed by atoms with van der Waals surface area (Å²) in [6, 6.07) is 10.9. The zero-order valence-electron chi connectivity index (χ0n) is 9.83. The summed E-state index contributed by atoms with van der Waals surface area (Å²) in [5.41, 5.74) is 1.01. The molecule has 0 aromatic heterocycles. The van der Waals surface area contributed by atoms with Gasteiger partial charge in [-0.15, -0.1) is 0 Å². The Bertz CT molecular complexity index is 701. The molecule has 0 saturated carbocycles. The number of hydrogen-bond acceptors (Lipinski definition) is 4. The van der Waals surface area contributed by atoms with Gasteiger partial charge in [-0.3, -0.25) is 4.79 Å². The first-order valence-electron chi connectivity index (χ1n) is 5.70. The van der Waals surface area contributed by atoms with E-state index in [-0.39, 0.29) is 23.0 Å². The summed E-state index contributed by atoms with van der Waals surface area (Å²) < 4.78 is 5.44. The van der Waals surface area contributed by atoms with Gasteiger partial charge in [0.2, 0.25) is 5.78 Å². The second-order valence-corrected chi connectivity index (χ2v) is 4.22. The zero-order valence-corrected chi connectivity index (χ0v) is 9.83. The predicted molar refractivity (Wildman–Crippen MR) is 69.1 cm³/mol. The Balaban J connectivity index is 2.00. The number of ether oxygens (including phenoxy) is 1. The molecule has 0 bridgehead atoms. The maximum atomic E-state index is 12.1. The number of phenols is 2. The van der Waals surface area contributed by atoms with Crippen molar-refractivity contribution in [2.24, 2.45) is 0 Å². The van der Waals surface area contributed by atoms with Gasteiger partial charge in [0.1, 0.15) is 17.2 Å². The molecule has 0 radical (unpaired) electrons. The van der Waals surface area contributed by atoms with Crippen LogP contribution in [0.3, 0.4) is 0 Å². The fourth-order valence-corrected chi connectivity index (χ4v) is 1.94. The molecule has 2 aromatic rings. The van der Waals surface area contributed by atoms with Gasteiger partial charge in [0.15, 0.2) is 5.76 Å². The topological polar surface area (TPSA) is 66.8 Å². The molecule has 0 unspecified atom stereocenters. The Hall–Kier alpha value is -2.75. The Morgan fingerprint density at radius 1 is 1.00 bits per heavy atom. The first-order chi connectivity index (χ1) is 9.13. The van der Waals surface area contributed by atoms with Crippen molar-refractivity contribution in [1.82, 2.24) is 0 Å². The third-order valence-corrected chi connectivity index (χ3v) is 2.82. The first-order valence-corrected chi connectivity index (χ1v) is 5.70. The third kappa shape index (κ3) is 2.04. The Morgan fingerprint density at radius 3 is 2.58 bits per heavy atom. The van der Waals surface area contributed by atoms with Crippen molar-refractivity contribution in [2.45, 2.75) is 0 Å². The number of hydrogen-bond donors (Lipinski definition) is 2. The van der Waals surface area contributed by atoms with Crippen molar-refractivity contribution in [2.75, 3.05) is 0 Å². The number of carbonyl (C=O) groups excluding carboxylic acids is 1. The van der Waals surface area contributed by atoms with Gasteiger partial charge in [0.05, 0.1) is 5.56 Å². The van der Waals surface area contributed by atoms with E-state index in [0.717, 1.165) is 0 Å². The predicted octanol–water partition coefficient (Wildman–Crippen LogP) is 2.71. The SMILES string of the molecule is O=C1/C(=C/c2cccc(O)c2)Oc2ccc(O)cc21. The molecule has 1 aliphatic heterocycles. The number of carbonyl (C=O) groups is 1. The molecule has 0 aliphatic carbocycles. The average molecular weight is 254 g/mol. The number of aromatic hydroxyl groups is 2. The van der Waals surface area contributed by atoms with Crippen LogP contribution in [0.4, 0.5) is 0 Å². The lowest BCUT2D eigenvalue weighted by Gasteiger charge is -1.99. The first kappa shape index (κ1) is 11.3. The summed E-state index contributed by atoms with van der Waals surface area (Å²) in [5, 5.41) is 18.7. The Kier molecular flexibility index (Phi) is 2.49. The standard InChI is InChI=1S/C15H10O4/c16-10-3-1-2-9(6-10)7-14-15(18)12-8-11(17)4-5-13(12)19-14/h1-8,16-17H/b14-7-. The highest BCUT2D eigenvalue weighted by Crippen LogP contribution is 2.34. The van der Waals surface area contributed by atoms with E-state index in [1.807, 2.05) is 0 Å². The van der Waals surface area contributed by atoms with Crippen LogP contribution >= 0.6 is 0 Å². The van der Waals surface area contributed by atoms with E-state index in [1.54, 1.807) is 30.3 Å². The van der Waals surface area contributed by atoms with Crippen LogP contribution in [0.5, 0.6) is 17.2 Å². The fraction of sp³-hybridized carbons (Fsp3) is 0. The van der Waals surface area contributed by atoms with Gasteiger partial charge >= 0.3 is 0 Å². The molecule has 94 valence electrons. The average Bonchev–Trinajstić information content (AvgIpc) is 2.67. The summed E-state index contributed by atoms with van der Waals surface area (Å²) in [4.78, 5) is 12.1. The molecule has 4 nitrogen and oxygen atoms in total. The minimum Gasteiger partial charge on any atom is -0.508 e. The van der Waals surface area contributed by atoms with Crippen molar-refractivity contribution in [3.63, 3.8) is 0 Å². The van der Waals surface area contributed by atoms with Crippen LogP contribution < -0.4 is 4.74 Å². The second kappa shape index (κ2) is 4.17. The fourth-order valence-electron chi connectivity index (χ4n) is 1.94. The van der Waals surface area contributed by atoms with Crippen molar-refractivity contribution < 1.29 is 19.7 Å². The van der Waals surface area contributed by atoms with Crippen LogP contribution in [-0.4, -0.2) is 16.0 Å². The van der Waals surface area contributed by atoms with E-state index in [0.29, 0.717) is 16.9 Å². The van der Waals surface area contributed by atoms with Crippen LogP contribution in [0.25, 0.3) is 6.08 Å². The lowest BCUT2D eigenvalue weighted by atomic mass is 10.1. The number of allylic oxidation sites excluding steroid dienone is 1. The van der Waals surface area contributed by atoms with Gasteiger partial charge in [0, 0.05) is 0 Å². The number of ketones is 1. The van der Waals surface area contributed by atoms with E-state index < -0.39 is 0 Å². The molecule has 4 heteroatoms. The molecular formula is C15H10O4. The summed E-state index contributed by atoms with van der Waals surface area (Å²) in [6.45, 7) is 0. The van der Waals surface area contributed by atoms with Crippen molar-refractivity contribution in [3.05, 3.63) is 59.4 Å². The lowest BCUT2D eigenvalue weighted by Crippen LogP contribution is -1.97. The van der Waals surface area contributed by atoms with E-state index in [4.69, 9.17) is 4.74 Å². The molecule has 0 amide bonds. The van der Waals surface area contributed by atoms with E-state index in [2.05, 4.69) is 0 Å². The molecule has 2 aromatic carbocycles. The van der Waals surface area contributed by atoms with E-state index in [9.17, 15) is 15.0 Å². The molecule has 1 aliphatic rings. The van der Waals surface area contributed by atoms with Crippen LogP contribution in [0.2, 0.25) is 0 Å². The smallest absolute Gasteiger partial charge is 0.232 e. The highest BCUT2D eigenvalue weighted by Gasteiger charge is 2.27. The van der Waals surface area contributed by atoms with Crippen molar-refractivity contribution in [3.8, 4) is 17.2 Å². The number of benzene rings is 2. The normalized spacial score (nSPS) is 15.4. The van der Waals surface area contributed by atoms with Gasteiger partial charge in [-0.1, -0.05) is 12.1 Å². The van der Waals surface area contributed by atoms with Crippen molar-refractivity contribution in [1.29, 1.82) is 0 Å². The van der Waals surface area contributed by atoms with Gasteiger partial charge in [-0.25, -0.2) is 0 Å². The third-order valence-electron chi connectivity index (χ3n) is 2.82. The number of rotatable bonds is 1. The molecule has 0 atom stereocenters. The lowest BCUT2D eigenvalue weighted by molar-refractivity contribution is 0.101. The summed E-state index contributed by atoms with van der Waals surface area (Å²) >= 11 is 0. The molecule has 0 spiro atoms. The molecular weight excluding hydrogens is 244 g/mol. The summed E-state index contributed by atoms with van der Waals surface area (Å²) in [6.07, 6.45) is 1.55. The number of fused-ring (bicyclic) bond motifs is 1. The summed E-state index contributed by atoms with van der Waals surface area (Å²) in [5.74, 6) is 0.457. The summed E-state index contributed by atoms with van der Waals surface area (Å²) in [7, 11) is 0. The zero-order chi connectivity index (χ0) is 13.4. The molecule has 0 saturated heterocycles. The monoisotopic (exact) mass is 254 g/mol. The van der Waals surface area contributed by atoms with Crippen LogP contribution in [0, 0.1) is 0 Å². The minimum atomic E-state index is -0.283. The van der Waals surface area contributed by atoms with E-state index in [1.165, 1.54) is 18.2 Å². The maximum Gasteiger partial charge on any atom is 0.232 e. The quantitative estimate of drug-likeness (QED) is 0.768. The van der Waals surface area contributed by atoms with Gasteiger partial charge in [0.25, 0.3) is 0 Å². The van der Waals surface area contributed by atoms with Crippen molar-refractivity contribution >= 4 is 11.9 Å². The van der Waals surface area contributed by atoms with Gasteiger partial charge in [-0.05, 0) is 42.0 Å². The molecule has 19 heavy (non-hydrogen) atoms. The van der Waals surface area contributed by atoms with Crippen LogP contribution in [-0.2, 0) is 0 Å². The Morgan fingerprint density at radius 2 is 1.79 bits per heavy atom. The molecule has 0 fully saturated rings. The van der Waals surface area contributed by atoms with Crippen LogP contribution in [0.1, 0.15) is 15.9 Å². The van der Waals surface area contributed by atoms with Gasteiger partial charge < -0.3 is 14.9 Å². The second-order valence-electron chi connectivity index (χ2n) is 4.22. The maximum absolute atomic E-state index is 12.1. The molecule has 2 N–H and O–H groups in total. The molecule has 1 heterocycles. The largest absolute Gasteiger partial charge is 0.508 e. The Labute approximate surface area is 109 Å². The number of Topliss-reactive ketones (excluding diaryl/α,β-unsaturated/α-hetero) is 1. The van der Waals surface area contributed by atoms with Gasteiger partial charge in [-0.2, -0.15) is 0 Å². The van der Waals surface area contributed by atoms with Crippen LogP contribution in [0.15, 0.2) is 48.2 Å². The number of phenolic OH excluding ortho intramolecular Hbond substituents is 2. The molecule has 3 rings (SSSR count). The minimum absolute atomic E-state index is 0.0225.